The number of hydrogen-bond donors (Lipinski definition) is 0. The molecule has 5 rings (SSSR count). The number of para-hydroxylation sites is 1. The van der Waals surface area contributed by atoms with Crippen molar-refractivity contribution in [3.05, 3.63) is 77.1 Å². The van der Waals surface area contributed by atoms with Crippen LogP contribution in [0.1, 0.15) is 21.6 Å². The van der Waals surface area contributed by atoms with Crippen LogP contribution < -0.4 is 4.90 Å². The van der Waals surface area contributed by atoms with Crippen LogP contribution in [0.5, 0.6) is 0 Å². The Bertz CT molecular complexity index is 1550. The van der Waals surface area contributed by atoms with Gasteiger partial charge in [0.2, 0.25) is 5.91 Å². The summed E-state index contributed by atoms with van der Waals surface area (Å²) in [6.07, 6.45) is -5.77. The molecule has 7 nitrogen and oxygen atoms in total. The monoisotopic (exact) mass is 556 g/mol. The highest BCUT2D eigenvalue weighted by molar-refractivity contribution is 6.33. The van der Waals surface area contributed by atoms with Crippen LogP contribution in [0.3, 0.4) is 0 Å². The van der Waals surface area contributed by atoms with E-state index < -0.39 is 58.3 Å². The summed E-state index contributed by atoms with van der Waals surface area (Å²) in [6.45, 7) is -1.10. The average molecular weight is 557 g/mol. The van der Waals surface area contributed by atoms with Gasteiger partial charge in [-0.05, 0) is 24.3 Å². The Morgan fingerprint density at radius 2 is 1.68 bits per heavy atom. The third kappa shape index (κ3) is 4.46. The molecule has 1 saturated heterocycles. The van der Waals surface area contributed by atoms with Crippen LogP contribution in [-0.4, -0.2) is 45.7 Å². The number of amides is 2. The number of anilines is 1. The summed E-state index contributed by atoms with van der Waals surface area (Å²) in [4.78, 5) is 31.7. The first kappa shape index (κ1) is 25.6. The summed E-state index contributed by atoms with van der Waals surface area (Å²) < 4.78 is 87.7. The van der Waals surface area contributed by atoms with E-state index in [4.69, 9.17) is 16.0 Å². The number of furan rings is 1. The Morgan fingerprint density at radius 1 is 0.974 bits per heavy atom. The van der Waals surface area contributed by atoms with Crippen LogP contribution in [0.25, 0.3) is 16.8 Å². The van der Waals surface area contributed by atoms with E-state index in [1.54, 1.807) is 0 Å². The number of imidazole rings is 1. The Balaban J connectivity index is 1.47. The van der Waals surface area contributed by atoms with Crippen molar-refractivity contribution in [2.24, 2.45) is 0 Å². The van der Waals surface area contributed by atoms with E-state index in [9.17, 15) is 35.9 Å². The van der Waals surface area contributed by atoms with Crippen molar-refractivity contribution in [2.45, 2.75) is 12.4 Å². The number of nitrogens with zero attached hydrogens (tertiary/aromatic N) is 4. The molecule has 0 atom stereocenters. The Hall–Kier alpha value is -4.00. The van der Waals surface area contributed by atoms with E-state index in [0.717, 1.165) is 32.4 Å². The van der Waals surface area contributed by atoms with Gasteiger partial charge in [0.1, 0.15) is 11.7 Å². The first-order chi connectivity index (χ1) is 17.9. The second-order valence-corrected chi connectivity index (χ2v) is 8.74. The molecule has 0 N–H and O–H groups in total. The van der Waals surface area contributed by atoms with Crippen molar-refractivity contribution >= 4 is 34.7 Å². The third-order valence-electron chi connectivity index (χ3n) is 6.03. The quantitative estimate of drug-likeness (QED) is 0.300. The molecule has 1 fully saturated rings. The lowest BCUT2D eigenvalue weighted by atomic mass is 10.1. The molecule has 14 heteroatoms. The molecule has 4 heterocycles. The number of aromatic nitrogens is 2. The molecule has 2 amide bonds. The van der Waals surface area contributed by atoms with Crippen molar-refractivity contribution in [2.75, 3.05) is 24.5 Å². The molecule has 4 aromatic rings. The maximum atomic E-state index is 13.9. The van der Waals surface area contributed by atoms with Crippen LogP contribution in [0.2, 0.25) is 5.15 Å². The smallest absolute Gasteiger partial charge is 0.420 e. The molecule has 0 bridgehead atoms. The fourth-order valence-electron chi connectivity index (χ4n) is 4.25. The van der Waals surface area contributed by atoms with Gasteiger partial charge in [-0.15, -0.1) is 0 Å². The normalized spacial score (nSPS) is 15.0. The molecule has 0 saturated carbocycles. The number of rotatable bonds is 3. The summed E-state index contributed by atoms with van der Waals surface area (Å²) in [6, 6.07) is 6.81. The number of hydrogen-bond acceptors (Lipinski definition) is 4. The van der Waals surface area contributed by atoms with Gasteiger partial charge in [0.15, 0.2) is 11.3 Å². The van der Waals surface area contributed by atoms with Gasteiger partial charge in [-0.25, -0.2) is 4.98 Å². The summed E-state index contributed by atoms with van der Waals surface area (Å²) in [5, 5.41) is -0.418. The van der Waals surface area contributed by atoms with Crippen molar-refractivity contribution in [3.63, 3.8) is 0 Å². The van der Waals surface area contributed by atoms with E-state index in [-0.39, 0.29) is 24.3 Å². The first-order valence-corrected chi connectivity index (χ1v) is 11.3. The molecule has 198 valence electrons. The summed E-state index contributed by atoms with van der Waals surface area (Å²) in [5.41, 5.74) is -3.24. The van der Waals surface area contributed by atoms with Crippen LogP contribution >= 0.6 is 11.6 Å². The predicted molar refractivity (Wildman–Crippen MR) is 123 cm³/mol. The summed E-state index contributed by atoms with van der Waals surface area (Å²) >= 11 is 6.30. The predicted octanol–water partition coefficient (Wildman–Crippen LogP) is 5.77. The molecule has 0 aliphatic carbocycles. The molecular formula is C24H15ClF6N4O3. The maximum Gasteiger partial charge on any atom is 0.420 e. The van der Waals surface area contributed by atoms with Gasteiger partial charge in [-0.2, -0.15) is 26.3 Å². The zero-order chi connectivity index (χ0) is 27.4. The number of alkyl halides is 6. The maximum absolute atomic E-state index is 13.9. The lowest BCUT2D eigenvalue weighted by Crippen LogP contribution is -2.53. The Morgan fingerprint density at radius 3 is 2.32 bits per heavy atom. The topological polar surface area (TPSA) is 71.1 Å². The molecule has 0 radical (unpaired) electrons. The molecule has 1 aliphatic heterocycles. The standard InChI is InChI=1S/C24H15ClF6N4O3/c25-20-19(32-21-16(24(29,30)31)9-14(10-35(20)21)13-5-8-38-12-13)22(37)33-6-7-34(18(36)11-33)17-4-2-1-3-15(17)23(26,27)28/h1-5,8-10,12H,6-7,11H2. The van der Waals surface area contributed by atoms with Crippen molar-refractivity contribution < 1.29 is 40.3 Å². The fraction of sp³-hybridized carbons (Fsp3) is 0.208. The van der Waals surface area contributed by atoms with Crippen LogP contribution in [0.15, 0.2) is 59.5 Å². The second-order valence-electron chi connectivity index (χ2n) is 8.38. The van der Waals surface area contributed by atoms with Gasteiger partial charge in [-0.3, -0.25) is 14.0 Å². The molecule has 0 spiro atoms. The number of fused-ring (bicyclic) bond motifs is 1. The summed E-state index contributed by atoms with van der Waals surface area (Å²) in [5.74, 6) is -1.74. The van der Waals surface area contributed by atoms with Crippen LogP contribution in [0.4, 0.5) is 32.0 Å². The van der Waals surface area contributed by atoms with Crippen molar-refractivity contribution in [1.82, 2.24) is 14.3 Å². The minimum atomic E-state index is -4.84. The van der Waals surface area contributed by atoms with E-state index in [1.165, 1.54) is 36.9 Å². The average Bonchev–Trinajstić information content (AvgIpc) is 3.50. The number of carbonyl (C=O) groups is 2. The minimum Gasteiger partial charge on any atom is -0.472 e. The summed E-state index contributed by atoms with van der Waals surface area (Å²) in [7, 11) is 0. The molecule has 1 aromatic carbocycles. The van der Waals surface area contributed by atoms with Gasteiger partial charge in [0.25, 0.3) is 5.91 Å². The Labute approximate surface area is 214 Å². The minimum absolute atomic E-state index is 0.101. The van der Waals surface area contributed by atoms with Crippen LogP contribution in [-0.2, 0) is 17.1 Å². The highest BCUT2D eigenvalue weighted by atomic mass is 35.5. The van der Waals surface area contributed by atoms with Crippen molar-refractivity contribution in [3.8, 4) is 11.1 Å². The molecule has 3 aromatic heterocycles. The lowest BCUT2D eigenvalue weighted by molar-refractivity contribution is -0.137. The zero-order valence-corrected chi connectivity index (χ0v) is 19.7. The number of benzene rings is 1. The Kier molecular flexibility index (Phi) is 6.13. The van der Waals surface area contributed by atoms with Gasteiger partial charge < -0.3 is 14.2 Å². The van der Waals surface area contributed by atoms with Gasteiger partial charge in [0.05, 0.1) is 29.3 Å². The highest BCUT2D eigenvalue weighted by Crippen LogP contribution is 2.38. The second kappa shape index (κ2) is 9.08. The van der Waals surface area contributed by atoms with E-state index in [1.807, 2.05) is 0 Å². The number of pyridine rings is 1. The van der Waals surface area contributed by atoms with Gasteiger partial charge in [-0.1, -0.05) is 23.7 Å². The largest absolute Gasteiger partial charge is 0.472 e. The van der Waals surface area contributed by atoms with E-state index in [0.29, 0.717) is 5.56 Å². The molecule has 38 heavy (non-hydrogen) atoms. The number of halogens is 7. The fourth-order valence-corrected chi connectivity index (χ4v) is 4.50. The van der Waals surface area contributed by atoms with E-state index in [2.05, 4.69) is 4.98 Å². The lowest BCUT2D eigenvalue weighted by Gasteiger charge is -2.35. The third-order valence-corrected chi connectivity index (χ3v) is 6.39. The zero-order valence-electron chi connectivity index (χ0n) is 19.0. The SMILES string of the molecule is O=C(c1nc2c(C(F)(F)F)cc(-c3ccoc3)cn2c1Cl)N1CCN(c2ccccc2C(F)(F)F)C(=O)C1. The number of carbonyl (C=O) groups excluding carboxylic acids is 2. The van der Waals surface area contributed by atoms with Gasteiger partial charge in [0, 0.05) is 30.4 Å². The van der Waals surface area contributed by atoms with E-state index >= 15 is 0 Å². The molecular weight excluding hydrogens is 542 g/mol. The molecule has 0 unspecified atom stereocenters. The van der Waals surface area contributed by atoms with Crippen LogP contribution in [0, 0.1) is 0 Å². The molecule has 1 aliphatic rings. The highest BCUT2D eigenvalue weighted by Gasteiger charge is 2.39. The van der Waals surface area contributed by atoms with Gasteiger partial charge >= 0.3 is 12.4 Å². The number of piperazine rings is 1. The van der Waals surface area contributed by atoms with Crippen molar-refractivity contribution in [1.29, 1.82) is 0 Å². The first-order valence-electron chi connectivity index (χ1n) is 10.9.